The smallest absolute Gasteiger partial charge is 0.368 e. The molecule has 0 aromatic heterocycles. The average molecular weight is 343 g/mol. The van der Waals surface area contributed by atoms with Gasteiger partial charge in [0.1, 0.15) is 0 Å². The molecule has 24 heavy (non-hydrogen) atoms. The molecule has 2 fully saturated rings. The minimum absolute atomic E-state index is 0.0409. The number of piperazine rings is 1. The van der Waals surface area contributed by atoms with E-state index in [9.17, 15) is 23.3 Å². The van der Waals surface area contributed by atoms with E-state index in [4.69, 9.17) is 0 Å². The summed E-state index contributed by atoms with van der Waals surface area (Å²) in [6, 6.07) is 3.57. The Balaban J connectivity index is 1.78. The summed E-state index contributed by atoms with van der Waals surface area (Å²) in [5.74, 6) is 0. The lowest BCUT2D eigenvalue weighted by Gasteiger charge is -2.39. The van der Waals surface area contributed by atoms with Crippen LogP contribution < -0.4 is 4.90 Å². The third-order valence-electron chi connectivity index (χ3n) is 4.99. The van der Waals surface area contributed by atoms with Gasteiger partial charge in [-0.1, -0.05) is 12.8 Å². The molecule has 0 atom stereocenters. The van der Waals surface area contributed by atoms with E-state index in [-0.39, 0.29) is 5.69 Å². The van der Waals surface area contributed by atoms with Crippen molar-refractivity contribution in [3.05, 3.63) is 33.9 Å². The van der Waals surface area contributed by atoms with Crippen LogP contribution in [0.25, 0.3) is 0 Å². The van der Waals surface area contributed by atoms with Gasteiger partial charge in [0.25, 0.3) is 5.69 Å². The Labute approximate surface area is 138 Å². The maximum atomic E-state index is 13.3. The molecular weight excluding hydrogens is 323 g/mol. The molecule has 2 aliphatic rings. The maximum Gasteiger partial charge on any atom is 0.418 e. The predicted octanol–water partition coefficient (Wildman–Crippen LogP) is 3.68. The Bertz CT molecular complexity index is 607. The molecule has 0 amide bonds. The zero-order chi connectivity index (χ0) is 17.3. The first kappa shape index (κ1) is 17.0. The number of nitrogens with zero attached hydrogens (tertiary/aromatic N) is 3. The van der Waals surface area contributed by atoms with Crippen molar-refractivity contribution in [1.82, 2.24) is 4.90 Å². The van der Waals surface area contributed by atoms with Crippen LogP contribution in [0.5, 0.6) is 0 Å². The number of alkyl halides is 3. The molecule has 0 unspecified atom stereocenters. The molecule has 0 spiro atoms. The number of halogens is 3. The van der Waals surface area contributed by atoms with Crippen LogP contribution in [0.15, 0.2) is 18.2 Å². The summed E-state index contributed by atoms with van der Waals surface area (Å²) in [7, 11) is 0. The van der Waals surface area contributed by atoms with E-state index in [0.717, 1.165) is 19.2 Å². The molecular formula is C16H20F3N3O2. The number of non-ortho nitro benzene ring substituents is 1. The van der Waals surface area contributed by atoms with Gasteiger partial charge in [-0.05, 0) is 18.9 Å². The van der Waals surface area contributed by atoms with Gasteiger partial charge in [0, 0.05) is 50.0 Å². The van der Waals surface area contributed by atoms with Crippen LogP contribution in [0, 0.1) is 10.1 Å². The highest BCUT2D eigenvalue weighted by Gasteiger charge is 2.37. The van der Waals surface area contributed by atoms with Gasteiger partial charge in [-0.2, -0.15) is 13.2 Å². The first-order valence-corrected chi connectivity index (χ1v) is 8.21. The molecule has 1 heterocycles. The zero-order valence-electron chi connectivity index (χ0n) is 13.3. The largest absolute Gasteiger partial charge is 0.418 e. The lowest BCUT2D eigenvalue weighted by molar-refractivity contribution is -0.385. The van der Waals surface area contributed by atoms with Crippen molar-refractivity contribution in [2.75, 3.05) is 31.1 Å². The number of nitro benzene ring substituents is 1. The summed E-state index contributed by atoms with van der Waals surface area (Å²) < 4.78 is 39.9. The van der Waals surface area contributed by atoms with Gasteiger partial charge in [0.15, 0.2) is 0 Å². The number of nitro groups is 1. The van der Waals surface area contributed by atoms with Gasteiger partial charge in [-0.15, -0.1) is 0 Å². The number of benzene rings is 1. The van der Waals surface area contributed by atoms with Gasteiger partial charge < -0.3 is 4.90 Å². The normalized spacial score (nSPS) is 20.5. The fourth-order valence-corrected chi connectivity index (χ4v) is 3.74. The molecule has 1 saturated carbocycles. The molecule has 8 heteroatoms. The lowest BCUT2D eigenvalue weighted by atomic mass is 10.1. The molecule has 132 valence electrons. The van der Waals surface area contributed by atoms with Crippen LogP contribution >= 0.6 is 0 Å². The summed E-state index contributed by atoms with van der Waals surface area (Å²) in [4.78, 5) is 14.0. The van der Waals surface area contributed by atoms with Crippen molar-refractivity contribution < 1.29 is 18.1 Å². The van der Waals surface area contributed by atoms with Crippen molar-refractivity contribution >= 4 is 11.4 Å². The Hall–Kier alpha value is -1.83. The van der Waals surface area contributed by atoms with Gasteiger partial charge in [-0.25, -0.2) is 0 Å². The van der Waals surface area contributed by atoms with E-state index in [0.29, 0.717) is 25.2 Å². The third-order valence-corrected chi connectivity index (χ3v) is 4.99. The van der Waals surface area contributed by atoms with Crippen molar-refractivity contribution in [3.8, 4) is 0 Å². The summed E-state index contributed by atoms with van der Waals surface area (Å²) in [5, 5.41) is 10.8. The van der Waals surface area contributed by atoms with Crippen molar-refractivity contribution in [3.63, 3.8) is 0 Å². The highest BCUT2D eigenvalue weighted by Crippen LogP contribution is 2.39. The molecule has 1 aromatic carbocycles. The first-order chi connectivity index (χ1) is 11.4. The Morgan fingerprint density at radius 1 is 1.08 bits per heavy atom. The monoisotopic (exact) mass is 343 g/mol. The quantitative estimate of drug-likeness (QED) is 0.621. The van der Waals surface area contributed by atoms with Gasteiger partial charge in [-0.3, -0.25) is 15.0 Å². The average Bonchev–Trinajstić information content (AvgIpc) is 3.08. The molecule has 1 aliphatic carbocycles. The van der Waals surface area contributed by atoms with Gasteiger partial charge >= 0.3 is 6.18 Å². The number of hydrogen-bond donors (Lipinski definition) is 0. The van der Waals surface area contributed by atoms with Crippen LogP contribution in [0.1, 0.15) is 31.2 Å². The number of anilines is 1. The van der Waals surface area contributed by atoms with Crippen LogP contribution in [-0.2, 0) is 6.18 Å². The van der Waals surface area contributed by atoms with Gasteiger partial charge in [0.2, 0.25) is 0 Å². The highest BCUT2D eigenvalue weighted by molar-refractivity contribution is 5.59. The van der Waals surface area contributed by atoms with Crippen LogP contribution in [-0.4, -0.2) is 42.0 Å². The minimum atomic E-state index is -4.61. The zero-order valence-corrected chi connectivity index (χ0v) is 13.3. The van der Waals surface area contributed by atoms with Crippen molar-refractivity contribution in [1.29, 1.82) is 0 Å². The van der Waals surface area contributed by atoms with E-state index in [1.165, 1.54) is 31.7 Å². The molecule has 1 aromatic rings. The number of rotatable bonds is 3. The standard InChI is InChI=1S/C16H20F3N3O2/c17-16(18,19)14-11-13(22(23)24)5-6-15(14)21-9-7-20(8-10-21)12-3-1-2-4-12/h5-6,11-12H,1-4,7-10H2. The second kappa shape index (κ2) is 6.58. The molecule has 3 rings (SSSR count). The van der Waals surface area contributed by atoms with Crippen LogP contribution in [0.2, 0.25) is 0 Å². The van der Waals surface area contributed by atoms with Crippen LogP contribution in [0.4, 0.5) is 24.5 Å². The van der Waals surface area contributed by atoms with Gasteiger partial charge in [0.05, 0.1) is 10.5 Å². The molecule has 5 nitrogen and oxygen atoms in total. The van der Waals surface area contributed by atoms with E-state index in [1.54, 1.807) is 4.90 Å². The Morgan fingerprint density at radius 3 is 2.25 bits per heavy atom. The fourth-order valence-electron chi connectivity index (χ4n) is 3.74. The third kappa shape index (κ3) is 3.48. The van der Waals surface area contributed by atoms with E-state index < -0.39 is 22.4 Å². The second-order valence-electron chi connectivity index (χ2n) is 6.42. The predicted molar refractivity (Wildman–Crippen MR) is 84.1 cm³/mol. The molecule has 0 radical (unpaired) electrons. The van der Waals surface area contributed by atoms with Crippen molar-refractivity contribution in [2.45, 2.75) is 37.9 Å². The second-order valence-corrected chi connectivity index (χ2v) is 6.42. The summed E-state index contributed by atoms with van der Waals surface area (Å²) in [6.45, 7) is 2.49. The molecule has 0 N–H and O–H groups in total. The summed E-state index contributed by atoms with van der Waals surface area (Å²) >= 11 is 0. The topological polar surface area (TPSA) is 49.6 Å². The Kier molecular flexibility index (Phi) is 4.67. The summed E-state index contributed by atoms with van der Waals surface area (Å²) in [5.41, 5.74) is -1.42. The molecule has 1 aliphatic heterocycles. The van der Waals surface area contributed by atoms with Crippen LogP contribution in [0.3, 0.4) is 0 Å². The molecule has 0 bridgehead atoms. The SMILES string of the molecule is O=[N+]([O-])c1ccc(N2CCN(C3CCCC3)CC2)c(C(F)(F)F)c1. The van der Waals surface area contributed by atoms with E-state index in [1.807, 2.05) is 0 Å². The maximum absolute atomic E-state index is 13.3. The van der Waals surface area contributed by atoms with E-state index >= 15 is 0 Å². The minimum Gasteiger partial charge on any atom is -0.368 e. The summed E-state index contributed by atoms with van der Waals surface area (Å²) in [6.07, 6.45) is 0.192. The molecule has 1 saturated heterocycles. The first-order valence-electron chi connectivity index (χ1n) is 8.21. The fraction of sp³-hybridized carbons (Fsp3) is 0.625. The Morgan fingerprint density at radius 2 is 1.71 bits per heavy atom. The van der Waals surface area contributed by atoms with Crippen molar-refractivity contribution in [2.24, 2.45) is 0 Å². The van der Waals surface area contributed by atoms with E-state index in [2.05, 4.69) is 4.90 Å². The number of hydrogen-bond acceptors (Lipinski definition) is 4. The lowest BCUT2D eigenvalue weighted by Crippen LogP contribution is -2.50. The highest BCUT2D eigenvalue weighted by atomic mass is 19.4.